The number of fused-ring (bicyclic) bond motifs is 1. The molecule has 2 aromatic heterocycles. The van der Waals surface area contributed by atoms with Gasteiger partial charge >= 0.3 is 0 Å². The number of amides is 1. The Bertz CT molecular complexity index is 1490. The first-order valence-electron chi connectivity index (χ1n) is 11.9. The summed E-state index contributed by atoms with van der Waals surface area (Å²) >= 11 is 6.59. The molecule has 0 N–H and O–H groups in total. The summed E-state index contributed by atoms with van der Waals surface area (Å²) in [5.41, 5.74) is 2.71. The SMILES string of the molecule is C=CCN1C(=O)/C(=C/c2c(N3CCN(c4ccccc4OC)CC3)nc3ccc(C)cn3c2=O)SC1=S. The number of carbonyl (C=O) groups excluding carboxylic acids is 1. The van der Waals surface area contributed by atoms with Crippen LogP contribution in [0.25, 0.3) is 11.7 Å². The Kier molecular flexibility index (Phi) is 7.03. The Morgan fingerprint density at radius 2 is 1.84 bits per heavy atom. The average molecular weight is 534 g/mol. The summed E-state index contributed by atoms with van der Waals surface area (Å²) in [6.07, 6.45) is 5.05. The summed E-state index contributed by atoms with van der Waals surface area (Å²) in [4.78, 5) is 37.9. The van der Waals surface area contributed by atoms with Crippen molar-refractivity contribution < 1.29 is 9.53 Å². The number of para-hydroxylation sites is 2. The van der Waals surface area contributed by atoms with E-state index in [2.05, 4.69) is 16.4 Å². The third-order valence-electron chi connectivity index (χ3n) is 6.45. The predicted octanol–water partition coefficient (Wildman–Crippen LogP) is 3.73. The van der Waals surface area contributed by atoms with E-state index in [-0.39, 0.29) is 11.5 Å². The number of piperazine rings is 1. The highest BCUT2D eigenvalue weighted by Crippen LogP contribution is 2.34. The Morgan fingerprint density at radius 1 is 1.11 bits per heavy atom. The number of methoxy groups -OCH3 is 1. The van der Waals surface area contributed by atoms with Crippen LogP contribution in [0.2, 0.25) is 0 Å². The van der Waals surface area contributed by atoms with E-state index in [1.807, 2.05) is 43.3 Å². The average Bonchev–Trinajstić information content (AvgIpc) is 3.18. The molecule has 0 atom stereocenters. The van der Waals surface area contributed by atoms with Gasteiger partial charge in [-0.15, -0.1) is 6.58 Å². The van der Waals surface area contributed by atoms with Gasteiger partial charge in [-0.05, 0) is 36.8 Å². The van der Waals surface area contributed by atoms with E-state index in [1.165, 1.54) is 16.7 Å². The van der Waals surface area contributed by atoms with Crippen LogP contribution in [0.3, 0.4) is 0 Å². The van der Waals surface area contributed by atoms with Gasteiger partial charge in [-0.1, -0.05) is 48.3 Å². The van der Waals surface area contributed by atoms with Gasteiger partial charge in [-0.25, -0.2) is 4.98 Å². The fourth-order valence-electron chi connectivity index (χ4n) is 4.58. The molecule has 0 radical (unpaired) electrons. The van der Waals surface area contributed by atoms with Crippen LogP contribution in [0.4, 0.5) is 11.5 Å². The molecule has 190 valence electrons. The zero-order chi connectivity index (χ0) is 26.1. The molecule has 0 unspecified atom stereocenters. The molecule has 4 heterocycles. The molecule has 3 aromatic rings. The van der Waals surface area contributed by atoms with E-state index in [9.17, 15) is 9.59 Å². The standard InChI is InChI=1S/C27H27N5O3S2/c1-4-11-31-26(34)22(37-27(31)36)16-19-24(28-23-10-9-18(2)17-32(23)25(19)33)30-14-12-29(13-15-30)20-7-5-6-8-21(20)35-3/h4-10,16-17H,1,11-15H2,2-3H3/b22-16-. The molecule has 37 heavy (non-hydrogen) atoms. The van der Waals surface area contributed by atoms with Gasteiger partial charge in [0.25, 0.3) is 11.5 Å². The second kappa shape index (κ2) is 10.4. The number of pyridine rings is 1. The number of aryl methyl sites for hydroxylation is 1. The smallest absolute Gasteiger partial charge is 0.267 e. The van der Waals surface area contributed by atoms with Crippen molar-refractivity contribution in [2.24, 2.45) is 0 Å². The molecule has 2 fully saturated rings. The minimum atomic E-state index is -0.226. The minimum absolute atomic E-state index is 0.218. The van der Waals surface area contributed by atoms with Gasteiger partial charge in [0, 0.05) is 38.9 Å². The fourth-order valence-corrected chi connectivity index (χ4v) is 5.84. The van der Waals surface area contributed by atoms with E-state index in [0.29, 0.717) is 45.9 Å². The van der Waals surface area contributed by atoms with Crippen molar-refractivity contribution >= 4 is 57.4 Å². The van der Waals surface area contributed by atoms with Gasteiger partial charge in [0.1, 0.15) is 21.5 Å². The van der Waals surface area contributed by atoms with E-state index in [1.54, 1.807) is 29.9 Å². The van der Waals surface area contributed by atoms with Crippen molar-refractivity contribution in [3.63, 3.8) is 0 Å². The van der Waals surface area contributed by atoms with E-state index in [4.69, 9.17) is 21.9 Å². The van der Waals surface area contributed by atoms with Crippen LogP contribution < -0.4 is 20.1 Å². The van der Waals surface area contributed by atoms with Crippen molar-refractivity contribution in [3.8, 4) is 5.75 Å². The van der Waals surface area contributed by atoms with Crippen molar-refractivity contribution in [2.75, 3.05) is 49.6 Å². The summed E-state index contributed by atoms with van der Waals surface area (Å²) in [6.45, 7) is 8.74. The highest BCUT2D eigenvalue weighted by atomic mass is 32.2. The van der Waals surface area contributed by atoms with E-state index in [0.717, 1.165) is 30.1 Å². The van der Waals surface area contributed by atoms with Crippen molar-refractivity contribution in [1.82, 2.24) is 14.3 Å². The number of carbonyl (C=O) groups is 1. The molecule has 2 aliphatic heterocycles. The lowest BCUT2D eigenvalue weighted by atomic mass is 10.2. The molecule has 0 bridgehead atoms. The van der Waals surface area contributed by atoms with Gasteiger partial charge in [0.05, 0.1) is 23.3 Å². The first-order chi connectivity index (χ1) is 17.9. The zero-order valence-corrected chi connectivity index (χ0v) is 22.3. The molecule has 8 nitrogen and oxygen atoms in total. The highest BCUT2D eigenvalue weighted by Gasteiger charge is 2.32. The normalized spacial score (nSPS) is 17.2. The van der Waals surface area contributed by atoms with Crippen LogP contribution in [0, 0.1) is 6.92 Å². The molecule has 10 heteroatoms. The summed E-state index contributed by atoms with van der Waals surface area (Å²) < 4.78 is 7.54. The summed E-state index contributed by atoms with van der Waals surface area (Å²) in [7, 11) is 1.67. The largest absolute Gasteiger partial charge is 0.495 e. The number of nitrogens with zero attached hydrogens (tertiary/aromatic N) is 5. The fraction of sp³-hybridized carbons (Fsp3) is 0.259. The molecular weight excluding hydrogens is 506 g/mol. The monoisotopic (exact) mass is 533 g/mol. The maximum Gasteiger partial charge on any atom is 0.267 e. The lowest BCUT2D eigenvalue weighted by Gasteiger charge is -2.37. The number of benzene rings is 1. The topological polar surface area (TPSA) is 70.4 Å². The third-order valence-corrected chi connectivity index (χ3v) is 7.83. The summed E-state index contributed by atoms with van der Waals surface area (Å²) in [6, 6.07) is 11.7. The van der Waals surface area contributed by atoms with Crippen LogP contribution in [0.15, 0.2) is 64.9 Å². The molecule has 1 amide bonds. The minimum Gasteiger partial charge on any atom is -0.495 e. The number of hydrogen-bond donors (Lipinski definition) is 0. The zero-order valence-electron chi connectivity index (χ0n) is 20.7. The number of anilines is 2. The Labute approximate surface area is 224 Å². The highest BCUT2D eigenvalue weighted by molar-refractivity contribution is 8.26. The number of thiocarbonyl (C=S) groups is 1. The van der Waals surface area contributed by atoms with Crippen LogP contribution in [-0.4, -0.2) is 64.3 Å². The Balaban J connectivity index is 1.53. The second-order valence-electron chi connectivity index (χ2n) is 8.82. The van der Waals surface area contributed by atoms with Gasteiger partial charge in [0.2, 0.25) is 0 Å². The molecule has 0 spiro atoms. The van der Waals surface area contributed by atoms with Crippen LogP contribution >= 0.6 is 24.0 Å². The van der Waals surface area contributed by atoms with Crippen LogP contribution in [-0.2, 0) is 4.79 Å². The van der Waals surface area contributed by atoms with Gasteiger partial charge in [-0.3, -0.25) is 18.9 Å². The van der Waals surface area contributed by atoms with Gasteiger partial charge in [0.15, 0.2) is 0 Å². The quantitative estimate of drug-likeness (QED) is 0.270. The van der Waals surface area contributed by atoms with Gasteiger partial charge < -0.3 is 14.5 Å². The molecule has 2 aliphatic rings. The van der Waals surface area contributed by atoms with E-state index >= 15 is 0 Å². The van der Waals surface area contributed by atoms with Crippen molar-refractivity contribution in [1.29, 1.82) is 0 Å². The summed E-state index contributed by atoms with van der Waals surface area (Å²) in [5, 5.41) is 0. The lowest BCUT2D eigenvalue weighted by molar-refractivity contribution is -0.121. The Hall–Kier alpha value is -3.63. The molecule has 2 saturated heterocycles. The second-order valence-corrected chi connectivity index (χ2v) is 10.5. The maximum atomic E-state index is 13.7. The lowest BCUT2D eigenvalue weighted by Crippen LogP contribution is -2.47. The van der Waals surface area contributed by atoms with E-state index < -0.39 is 0 Å². The molecule has 5 rings (SSSR count). The molecular formula is C27H27N5O3S2. The van der Waals surface area contributed by atoms with Gasteiger partial charge in [-0.2, -0.15) is 0 Å². The maximum absolute atomic E-state index is 13.7. The number of thioether (sulfide) groups is 1. The first-order valence-corrected chi connectivity index (χ1v) is 13.2. The molecule has 1 aromatic carbocycles. The van der Waals surface area contributed by atoms with Crippen LogP contribution in [0.1, 0.15) is 11.1 Å². The number of aromatic nitrogens is 2. The number of hydrogen-bond acceptors (Lipinski definition) is 8. The number of rotatable bonds is 6. The third kappa shape index (κ3) is 4.74. The predicted molar refractivity (Wildman–Crippen MR) is 154 cm³/mol. The van der Waals surface area contributed by atoms with Crippen molar-refractivity contribution in [2.45, 2.75) is 6.92 Å². The first kappa shape index (κ1) is 25.0. The molecule has 0 saturated carbocycles. The molecule has 0 aliphatic carbocycles. The number of ether oxygens (including phenoxy) is 1. The summed E-state index contributed by atoms with van der Waals surface area (Å²) in [5.74, 6) is 1.17. The Morgan fingerprint density at radius 3 is 2.57 bits per heavy atom. The van der Waals surface area contributed by atoms with Crippen molar-refractivity contribution in [3.05, 3.63) is 81.6 Å². The van der Waals surface area contributed by atoms with Crippen LogP contribution in [0.5, 0.6) is 5.75 Å².